The number of halogens is 1. The zero-order chi connectivity index (χ0) is 13.7. The van der Waals surface area contributed by atoms with Crippen LogP contribution >= 0.6 is 0 Å². The number of hydrogen-bond donors (Lipinski definition) is 2. The molecule has 0 amide bonds. The number of aliphatic hydroxyl groups is 1. The molecule has 0 aromatic carbocycles. The first-order chi connectivity index (χ1) is 8.45. The second kappa shape index (κ2) is 6.61. The topological polar surface area (TPSA) is 45.1 Å². The van der Waals surface area contributed by atoms with E-state index in [-0.39, 0.29) is 24.4 Å². The molecule has 0 aliphatic heterocycles. The average Bonchev–Trinajstić information content (AvgIpc) is 2.31. The van der Waals surface area contributed by atoms with E-state index >= 15 is 0 Å². The van der Waals surface area contributed by atoms with Crippen molar-refractivity contribution >= 4 is 5.57 Å². The van der Waals surface area contributed by atoms with Crippen LogP contribution in [0.1, 0.15) is 32.2 Å². The van der Waals surface area contributed by atoms with Crippen molar-refractivity contribution < 1.29 is 9.50 Å². The van der Waals surface area contributed by atoms with Gasteiger partial charge in [0.25, 0.3) is 0 Å². The van der Waals surface area contributed by atoms with Gasteiger partial charge in [0.2, 0.25) is 0 Å². The number of pyridine rings is 1. The van der Waals surface area contributed by atoms with Gasteiger partial charge in [-0.05, 0) is 30.5 Å². The van der Waals surface area contributed by atoms with Gasteiger partial charge < -0.3 is 10.4 Å². The zero-order valence-corrected chi connectivity index (χ0v) is 11.2. The Labute approximate surface area is 108 Å². The Balaban J connectivity index is 2.77. The second-order valence-corrected chi connectivity index (χ2v) is 4.82. The summed E-state index contributed by atoms with van der Waals surface area (Å²) in [5, 5.41) is 12.3. The van der Waals surface area contributed by atoms with Crippen molar-refractivity contribution in [3.63, 3.8) is 0 Å². The van der Waals surface area contributed by atoms with Crippen LogP contribution in [0.4, 0.5) is 4.39 Å². The lowest BCUT2D eigenvalue weighted by molar-refractivity contribution is 0.209. The summed E-state index contributed by atoms with van der Waals surface area (Å²) in [4.78, 5) is 4.22. The molecule has 0 radical (unpaired) electrons. The molecule has 0 saturated carbocycles. The molecule has 0 fully saturated rings. The molecular formula is C14H21FN2O. The number of hydrogen-bond acceptors (Lipinski definition) is 3. The van der Waals surface area contributed by atoms with Gasteiger partial charge >= 0.3 is 0 Å². The highest BCUT2D eigenvalue weighted by Crippen LogP contribution is 2.12. The monoisotopic (exact) mass is 252 g/mol. The normalized spacial score (nSPS) is 12.8. The lowest BCUT2D eigenvalue weighted by Gasteiger charge is -2.20. The number of rotatable bonds is 6. The fraction of sp³-hybridized carbons (Fsp3) is 0.500. The molecule has 1 aromatic heterocycles. The van der Waals surface area contributed by atoms with E-state index in [1.807, 2.05) is 20.8 Å². The summed E-state index contributed by atoms with van der Waals surface area (Å²) in [6, 6.07) is 2.96. The van der Waals surface area contributed by atoms with Gasteiger partial charge in [0.1, 0.15) is 5.82 Å². The zero-order valence-electron chi connectivity index (χ0n) is 11.2. The average molecular weight is 252 g/mol. The molecule has 0 bridgehead atoms. The molecule has 1 atom stereocenters. The highest BCUT2D eigenvalue weighted by molar-refractivity contribution is 5.57. The van der Waals surface area contributed by atoms with Crippen LogP contribution < -0.4 is 5.32 Å². The van der Waals surface area contributed by atoms with E-state index in [2.05, 4.69) is 16.9 Å². The molecule has 1 aromatic rings. The Morgan fingerprint density at radius 3 is 2.67 bits per heavy atom. The summed E-state index contributed by atoms with van der Waals surface area (Å²) >= 11 is 0. The molecule has 100 valence electrons. The van der Waals surface area contributed by atoms with E-state index < -0.39 is 0 Å². The summed E-state index contributed by atoms with van der Waals surface area (Å²) < 4.78 is 13.6. The largest absolute Gasteiger partial charge is 0.395 e. The fourth-order valence-corrected chi connectivity index (χ4v) is 1.58. The standard InChI is InChI=1S/C14H21FN2O/c1-9(2)12-6-5-11(15)13(17-12)7-16-14(8-18)10(3)4/h5-6,10,14,16,18H,1,7-8H2,2-4H3/t14-/m0/s1. The van der Waals surface area contributed by atoms with Crippen LogP contribution in [0, 0.1) is 11.7 Å². The van der Waals surface area contributed by atoms with Crippen LogP contribution in [0.25, 0.3) is 5.57 Å². The van der Waals surface area contributed by atoms with Crippen LogP contribution in [0.5, 0.6) is 0 Å². The van der Waals surface area contributed by atoms with Crippen molar-refractivity contribution in [3.05, 3.63) is 35.9 Å². The first-order valence-electron chi connectivity index (χ1n) is 6.11. The number of aliphatic hydroxyl groups excluding tert-OH is 1. The van der Waals surface area contributed by atoms with Gasteiger partial charge in [0, 0.05) is 12.6 Å². The minimum absolute atomic E-state index is 0.0272. The van der Waals surface area contributed by atoms with Gasteiger partial charge in [0.05, 0.1) is 18.0 Å². The smallest absolute Gasteiger partial charge is 0.146 e. The van der Waals surface area contributed by atoms with E-state index in [1.165, 1.54) is 6.07 Å². The molecule has 0 aliphatic carbocycles. The molecule has 0 spiro atoms. The fourth-order valence-electron chi connectivity index (χ4n) is 1.58. The van der Waals surface area contributed by atoms with E-state index in [9.17, 15) is 9.50 Å². The van der Waals surface area contributed by atoms with Gasteiger partial charge in [0.15, 0.2) is 0 Å². The summed E-state index contributed by atoms with van der Waals surface area (Å²) in [6.45, 7) is 9.96. The van der Waals surface area contributed by atoms with Crippen LogP contribution in [0.2, 0.25) is 0 Å². The maximum Gasteiger partial charge on any atom is 0.146 e. The second-order valence-electron chi connectivity index (χ2n) is 4.82. The Morgan fingerprint density at radius 1 is 1.50 bits per heavy atom. The maximum absolute atomic E-state index is 13.6. The van der Waals surface area contributed by atoms with Crippen molar-refractivity contribution in [1.29, 1.82) is 0 Å². The van der Waals surface area contributed by atoms with E-state index in [1.54, 1.807) is 6.07 Å². The molecule has 1 rings (SSSR count). The highest BCUT2D eigenvalue weighted by Gasteiger charge is 2.13. The molecule has 4 heteroatoms. The van der Waals surface area contributed by atoms with Crippen molar-refractivity contribution in [3.8, 4) is 0 Å². The Bertz CT molecular complexity index is 418. The number of allylic oxidation sites excluding steroid dienone is 1. The third kappa shape index (κ3) is 3.89. The molecule has 3 nitrogen and oxygen atoms in total. The third-order valence-electron chi connectivity index (χ3n) is 2.89. The Hall–Kier alpha value is -1.26. The van der Waals surface area contributed by atoms with Crippen LogP contribution in [-0.4, -0.2) is 22.7 Å². The van der Waals surface area contributed by atoms with Crippen molar-refractivity contribution in [2.24, 2.45) is 5.92 Å². The minimum Gasteiger partial charge on any atom is -0.395 e. The van der Waals surface area contributed by atoms with Gasteiger partial charge in [-0.25, -0.2) is 9.37 Å². The van der Waals surface area contributed by atoms with E-state index in [0.717, 1.165) is 5.57 Å². The number of nitrogens with one attached hydrogen (secondary N) is 1. The quantitative estimate of drug-likeness (QED) is 0.817. The van der Waals surface area contributed by atoms with Crippen LogP contribution in [-0.2, 0) is 6.54 Å². The van der Waals surface area contributed by atoms with E-state index in [4.69, 9.17) is 0 Å². The van der Waals surface area contributed by atoms with Gasteiger partial charge in [-0.15, -0.1) is 0 Å². The van der Waals surface area contributed by atoms with Crippen molar-refractivity contribution in [2.45, 2.75) is 33.4 Å². The minimum atomic E-state index is -0.340. The summed E-state index contributed by atoms with van der Waals surface area (Å²) in [7, 11) is 0. The SMILES string of the molecule is C=C(C)c1ccc(F)c(CN[C@@H](CO)C(C)C)n1. The summed E-state index contributed by atoms with van der Waals surface area (Å²) in [6.07, 6.45) is 0. The molecule has 0 aliphatic rings. The maximum atomic E-state index is 13.6. The molecule has 1 heterocycles. The first-order valence-corrected chi connectivity index (χ1v) is 6.11. The van der Waals surface area contributed by atoms with Gasteiger partial charge in [-0.2, -0.15) is 0 Å². The predicted octanol–water partition coefficient (Wildman–Crippen LogP) is 2.36. The lowest BCUT2D eigenvalue weighted by atomic mass is 10.1. The van der Waals surface area contributed by atoms with Crippen LogP contribution in [0.15, 0.2) is 18.7 Å². The van der Waals surface area contributed by atoms with E-state index in [0.29, 0.717) is 17.9 Å². The van der Waals surface area contributed by atoms with Gasteiger partial charge in [-0.3, -0.25) is 0 Å². The first kappa shape index (κ1) is 14.8. The molecule has 0 saturated heterocycles. The Kier molecular flexibility index (Phi) is 5.44. The van der Waals surface area contributed by atoms with Gasteiger partial charge in [-0.1, -0.05) is 20.4 Å². The lowest BCUT2D eigenvalue weighted by Crippen LogP contribution is -2.37. The third-order valence-corrected chi connectivity index (χ3v) is 2.89. The van der Waals surface area contributed by atoms with Crippen molar-refractivity contribution in [1.82, 2.24) is 10.3 Å². The molecule has 18 heavy (non-hydrogen) atoms. The number of nitrogens with zero attached hydrogens (tertiary/aromatic N) is 1. The highest BCUT2D eigenvalue weighted by atomic mass is 19.1. The molecule has 0 unspecified atom stereocenters. The van der Waals surface area contributed by atoms with Crippen molar-refractivity contribution in [2.75, 3.05) is 6.61 Å². The predicted molar refractivity (Wildman–Crippen MR) is 71.5 cm³/mol. The van der Waals surface area contributed by atoms with Crippen LogP contribution in [0.3, 0.4) is 0 Å². The summed E-state index contributed by atoms with van der Waals surface area (Å²) in [5.41, 5.74) is 1.85. The molecule has 2 N–H and O–H groups in total. The Morgan fingerprint density at radius 2 is 2.17 bits per heavy atom. The molecular weight excluding hydrogens is 231 g/mol. The number of aromatic nitrogens is 1. The summed E-state index contributed by atoms with van der Waals surface area (Å²) in [5.74, 6) is -0.0599.